The third kappa shape index (κ3) is 10.2. The fourth-order valence-corrected chi connectivity index (χ4v) is 9.98. The first-order chi connectivity index (χ1) is 30.5. The number of benzene rings is 1. The van der Waals surface area contributed by atoms with Crippen LogP contribution in [0.4, 0.5) is 29.0 Å². The number of nitrogen functional groups attached to an aromatic ring is 1. The third-order valence-corrected chi connectivity index (χ3v) is 14.0. The average molecular weight is 882 g/mol. The Bertz CT molecular complexity index is 2360. The average Bonchev–Trinajstić information content (AvgIpc) is 3.30. The lowest BCUT2D eigenvalue weighted by atomic mass is 9.73. The molecule has 17 heteroatoms. The summed E-state index contributed by atoms with van der Waals surface area (Å²) in [6.45, 7) is 14.3. The second kappa shape index (κ2) is 18.9. The van der Waals surface area contributed by atoms with E-state index in [2.05, 4.69) is 41.0 Å². The van der Waals surface area contributed by atoms with Crippen molar-refractivity contribution in [2.75, 3.05) is 99.6 Å². The Hall–Kier alpha value is -4.55. The van der Waals surface area contributed by atoms with Crippen molar-refractivity contribution in [1.29, 1.82) is 0 Å². The van der Waals surface area contributed by atoms with E-state index in [0.717, 1.165) is 129 Å². The summed E-state index contributed by atoms with van der Waals surface area (Å²) in [6.07, 6.45) is 4.68. The Morgan fingerprint density at radius 2 is 1.11 bits per heavy atom. The molecule has 63 heavy (non-hydrogen) atoms. The molecular formula is C46H61ClN12O4. The number of fused-ring (bicyclic) bond motifs is 2. The highest BCUT2D eigenvalue weighted by Gasteiger charge is 2.40. The van der Waals surface area contributed by atoms with Gasteiger partial charge in [0.25, 0.3) is 0 Å². The van der Waals surface area contributed by atoms with Crippen molar-refractivity contribution in [3.05, 3.63) is 65.2 Å². The Labute approximate surface area is 374 Å². The molecule has 5 aromatic rings. The van der Waals surface area contributed by atoms with Crippen LogP contribution in [-0.2, 0) is 22.6 Å². The molecule has 0 spiro atoms. The minimum Gasteiger partial charge on any atom is -0.397 e. The fraction of sp³-hybridized carbons (Fsp3) is 0.565. The van der Waals surface area contributed by atoms with E-state index in [0.29, 0.717) is 64.0 Å². The van der Waals surface area contributed by atoms with E-state index in [1.54, 1.807) is 0 Å². The van der Waals surface area contributed by atoms with Gasteiger partial charge >= 0.3 is 0 Å². The number of aliphatic hydroxyl groups is 2. The van der Waals surface area contributed by atoms with Crippen LogP contribution in [0.25, 0.3) is 22.1 Å². The summed E-state index contributed by atoms with van der Waals surface area (Å²) in [5.41, 5.74) is 10.9. The number of nitrogens with two attached hydrogens (primary N) is 1. The van der Waals surface area contributed by atoms with Crippen molar-refractivity contribution in [3.63, 3.8) is 0 Å². The van der Waals surface area contributed by atoms with Crippen molar-refractivity contribution >= 4 is 62.6 Å². The van der Waals surface area contributed by atoms with Gasteiger partial charge in [-0.1, -0.05) is 12.1 Å². The second-order valence-electron chi connectivity index (χ2n) is 18.3. The largest absolute Gasteiger partial charge is 0.397 e. The molecule has 2 atom stereocenters. The van der Waals surface area contributed by atoms with Gasteiger partial charge in [0.05, 0.1) is 71.4 Å². The maximum atomic E-state index is 11.9. The molecule has 0 radical (unpaired) electrons. The van der Waals surface area contributed by atoms with Gasteiger partial charge in [0.15, 0.2) is 11.6 Å². The lowest BCUT2D eigenvalue weighted by Crippen LogP contribution is -2.47. The van der Waals surface area contributed by atoms with E-state index >= 15 is 0 Å². The van der Waals surface area contributed by atoms with Crippen LogP contribution in [0, 0.1) is 11.8 Å². The lowest BCUT2D eigenvalue weighted by Gasteiger charge is -2.43. The summed E-state index contributed by atoms with van der Waals surface area (Å²) in [7, 11) is 0. The summed E-state index contributed by atoms with van der Waals surface area (Å²) in [6, 6.07) is 15.7. The predicted octanol–water partition coefficient (Wildman–Crippen LogP) is 5.42. The first-order valence-corrected chi connectivity index (χ1v) is 23.0. The topological polar surface area (TPSA) is 187 Å². The monoisotopic (exact) mass is 880 g/mol. The summed E-state index contributed by atoms with van der Waals surface area (Å²) in [5.74, 6) is 2.34. The van der Waals surface area contributed by atoms with Crippen LogP contribution in [0.3, 0.4) is 0 Å². The standard InChI is InChI=1S/C46H61ClN12O4/c1-45(60,31-11-17-56(18-12-31)29-33-7-9-37-39(49-33)41(54-43(47)51-37)58-21-25-62-26-22-58)15-16-46(2,61)32-13-19-57(20-14-32)30-34-8-10-38-40(50-34)42(59-23-27-63-28-24-59)55-44(53-38)52-36-6-4-3-5-35(36)48/h3-10,31-32,60-61H,11-30,48H2,1-2H3,(H,52,53,55). The number of piperidine rings is 2. The molecule has 0 amide bonds. The van der Waals surface area contributed by atoms with Crippen molar-refractivity contribution in [3.8, 4) is 0 Å². The molecule has 336 valence electrons. The smallest absolute Gasteiger partial charge is 0.229 e. The van der Waals surface area contributed by atoms with Crippen LogP contribution < -0.4 is 20.9 Å². The SMILES string of the molecule is CC(O)(CCC(C)(O)C1CCN(Cc2ccc3nc(Nc4ccccc4N)nc(N4CCOCC4)c3n2)CC1)C1CCN(Cc2ccc3nc(Cl)nc(N4CCOCC4)c3n2)CC1. The molecule has 4 fully saturated rings. The van der Waals surface area contributed by atoms with Gasteiger partial charge in [0.2, 0.25) is 11.2 Å². The van der Waals surface area contributed by atoms with Crippen LogP contribution in [0.2, 0.25) is 5.28 Å². The molecule has 1 aromatic carbocycles. The van der Waals surface area contributed by atoms with Crippen molar-refractivity contribution < 1.29 is 19.7 Å². The Balaban J connectivity index is 0.770. The molecular weight excluding hydrogens is 820 g/mol. The fourth-order valence-electron chi connectivity index (χ4n) is 9.80. The van der Waals surface area contributed by atoms with E-state index in [1.807, 2.05) is 56.3 Å². The molecule has 0 bridgehead atoms. The number of anilines is 5. The number of ether oxygens (including phenoxy) is 2. The molecule has 16 nitrogen and oxygen atoms in total. The zero-order chi connectivity index (χ0) is 43.6. The number of halogens is 1. The molecule has 4 aromatic heterocycles. The number of para-hydroxylation sites is 2. The van der Waals surface area contributed by atoms with E-state index in [4.69, 9.17) is 46.7 Å². The minimum atomic E-state index is -0.867. The van der Waals surface area contributed by atoms with E-state index in [1.165, 1.54) is 0 Å². The predicted molar refractivity (Wildman–Crippen MR) is 246 cm³/mol. The number of aromatic nitrogens is 6. The summed E-state index contributed by atoms with van der Waals surface area (Å²) < 4.78 is 11.2. The highest BCUT2D eigenvalue weighted by molar-refractivity contribution is 6.28. The van der Waals surface area contributed by atoms with Crippen LogP contribution >= 0.6 is 11.6 Å². The first kappa shape index (κ1) is 43.7. The van der Waals surface area contributed by atoms with Gasteiger partial charge in [-0.2, -0.15) is 9.97 Å². The van der Waals surface area contributed by atoms with Crippen molar-refractivity contribution in [2.45, 2.75) is 76.7 Å². The van der Waals surface area contributed by atoms with E-state index in [-0.39, 0.29) is 17.1 Å². The van der Waals surface area contributed by atoms with E-state index in [9.17, 15) is 10.2 Å². The molecule has 0 saturated carbocycles. The zero-order valence-corrected chi connectivity index (χ0v) is 37.3. The normalized spacial score (nSPS) is 20.8. The molecule has 0 aliphatic carbocycles. The van der Waals surface area contributed by atoms with Crippen molar-refractivity contribution in [1.82, 2.24) is 39.7 Å². The number of hydrogen-bond acceptors (Lipinski definition) is 16. The minimum absolute atomic E-state index is 0.154. The number of nitrogens with one attached hydrogen (secondary N) is 1. The van der Waals surface area contributed by atoms with Gasteiger partial charge in [-0.25, -0.2) is 19.9 Å². The Morgan fingerprint density at radius 3 is 1.62 bits per heavy atom. The van der Waals surface area contributed by atoms with Gasteiger partial charge < -0.3 is 40.5 Å². The number of likely N-dealkylation sites (tertiary alicyclic amines) is 2. The molecule has 4 aliphatic heterocycles. The van der Waals surface area contributed by atoms with Crippen LogP contribution in [-0.4, -0.2) is 140 Å². The van der Waals surface area contributed by atoms with Gasteiger partial charge in [-0.3, -0.25) is 9.80 Å². The number of rotatable bonds is 13. The highest BCUT2D eigenvalue weighted by atomic mass is 35.5. The lowest BCUT2D eigenvalue weighted by molar-refractivity contribution is -0.0783. The summed E-state index contributed by atoms with van der Waals surface area (Å²) in [4.78, 5) is 38.2. The van der Waals surface area contributed by atoms with Gasteiger partial charge in [-0.05, 0) is 138 Å². The number of pyridine rings is 2. The highest BCUT2D eigenvalue weighted by Crippen LogP contribution is 2.38. The molecule has 5 N–H and O–H groups in total. The van der Waals surface area contributed by atoms with Crippen LogP contribution in [0.1, 0.15) is 63.8 Å². The number of morpholine rings is 2. The third-order valence-electron chi connectivity index (χ3n) is 13.8. The van der Waals surface area contributed by atoms with Gasteiger partial charge in [0.1, 0.15) is 11.0 Å². The number of nitrogens with zero attached hydrogens (tertiary/aromatic N) is 10. The molecule has 4 saturated heterocycles. The summed E-state index contributed by atoms with van der Waals surface area (Å²) in [5, 5.41) is 27.2. The Morgan fingerprint density at radius 1 is 0.635 bits per heavy atom. The van der Waals surface area contributed by atoms with Crippen LogP contribution in [0.5, 0.6) is 0 Å². The zero-order valence-electron chi connectivity index (χ0n) is 36.6. The molecule has 2 unspecified atom stereocenters. The van der Waals surface area contributed by atoms with E-state index < -0.39 is 11.2 Å². The van der Waals surface area contributed by atoms with Gasteiger partial charge in [0, 0.05) is 39.3 Å². The summed E-state index contributed by atoms with van der Waals surface area (Å²) >= 11 is 6.30. The van der Waals surface area contributed by atoms with Crippen molar-refractivity contribution in [2.24, 2.45) is 11.8 Å². The quantitative estimate of drug-likeness (QED) is 0.0867. The van der Waals surface area contributed by atoms with Crippen LogP contribution in [0.15, 0.2) is 48.5 Å². The Kier molecular flexibility index (Phi) is 13.1. The second-order valence-corrected chi connectivity index (χ2v) is 18.6. The first-order valence-electron chi connectivity index (χ1n) is 22.6. The molecule has 4 aliphatic rings. The maximum absolute atomic E-state index is 11.9. The molecule has 9 rings (SSSR count). The number of hydrogen-bond donors (Lipinski definition) is 4. The molecule has 8 heterocycles. The van der Waals surface area contributed by atoms with Gasteiger partial charge in [-0.15, -0.1) is 0 Å². The maximum Gasteiger partial charge on any atom is 0.229 e.